The molecule has 0 fully saturated rings. The van der Waals surface area contributed by atoms with Crippen molar-refractivity contribution < 1.29 is 14.3 Å². The van der Waals surface area contributed by atoms with Crippen LogP contribution in [0, 0.1) is 12.7 Å². The molecule has 3 aromatic rings. The number of hydrogen-bond acceptors (Lipinski definition) is 4. The lowest BCUT2D eigenvalue weighted by Crippen LogP contribution is -2.40. The third kappa shape index (κ3) is 5.53. The summed E-state index contributed by atoms with van der Waals surface area (Å²) in [5.41, 5.74) is 3.22. The van der Waals surface area contributed by atoms with Crippen molar-refractivity contribution in [2.75, 3.05) is 13.2 Å². The minimum atomic E-state index is -0.880. The number of aliphatic hydroxyl groups is 1. The molecule has 1 unspecified atom stereocenters. The van der Waals surface area contributed by atoms with Gasteiger partial charge in [-0.15, -0.1) is 11.3 Å². The maximum Gasteiger partial charge on any atom is 0.315 e. The van der Waals surface area contributed by atoms with E-state index < -0.39 is 24.5 Å². The van der Waals surface area contributed by atoms with Gasteiger partial charge in [0.1, 0.15) is 5.82 Å². The molecule has 0 aliphatic rings. The first-order valence-electron chi connectivity index (χ1n) is 9.08. The average Bonchev–Trinajstić information content (AvgIpc) is 3.15. The van der Waals surface area contributed by atoms with Crippen LogP contribution in [0.15, 0.2) is 47.8 Å². The summed E-state index contributed by atoms with van der Waals surface area (Å²) in [7, 11) is 0. The predicted molar refractivity (Wildman–Crippen MR) is 114 cm³/mol. The van der Waals surface area contributed by atoms with Crippen LogP contribution in [-0.2, 0) is 6.42 Å². The molecule has 0 saturated carbocycles. The highest BCUT2D eigenvalue weighted by atomic mass is 35.5. The lowest BCUT2D eigenvalue weighted by atomic mass is 10.1. The molecule has 0 spiro atoms. The maximum absolute atomic E-state index is 14.1. The first-order valence-corrected chi connectivity index (χ1v) is 10.3. The Kier molecular flexibility index (Phi) is 7.19. The Bertz CT molecular complexity index is 978. The maximum atomic E-state index is 14.1. The highest BCUT2D eigenvalue weighted by Crippen LogP contribution is 2.23. The van der Waals surface area contributed by atoms with Crippen LogP contribution < -0.4 is 10.6 Å². The topological polar surface area (TPSA) is 74.2 Å². The zero-order valence-corrected chi connectivity index (χ0v) is 17.4. The Hall–Kier alpha value is -2.48. The third-order valence-electron chi connectivity index (χ3n) is 4.41. The van der Waals surface area contributed by atoms with Crippen LogP contribution in [0.1, 0.15) is 22.2 Å². The van der Waals surface area contributed by atoms with Crippen LogP contribution in [0.5, 0.6) is 0 Å². The Morgan fingerprint density at radius 2 is 2.03 bits per heavy atom. The van der Waals surface area contributed by atoms with E-state index in [9.17, 15) is 14.3 Å². The number of rotatable bonds is 7. The zero-order chi connectivity index (χ0) is 20.8. The summed E-state index contributed by atoms with van der Waals surface area (Å²) >= 11 is 7.38. The van der Waals surface area contributed by atoms with Crippen LogP contribution in [0.2, 0.25) is 5.02 Å². The molecule has 152 valence electrons. The highest BCUT2D eigenvalue weighted by molar-refractivity contribution is 7.09. The SMILES string of the molecule is Cc1nc(-c2ccc(CCNC(=O)NC(CO)c3cccc(Cl)c3F)cc2)cs1. The number of nitrogens with one attached hydrogen (secondary N) is 2. The molecule has 1 aromatic heterocycles. The van der Waals surface area contributed by atoms with Crippen LogP contribution in [-0.4, -0.2) is 29.3 Å². The number of thiazole rings is 1. The van der Waals surface area contributed by atoms with Gasteiger partial charge in [0.05, 0.1) is 28.4 Å². The van der Waals surface area contributed by atoms with Crippen molar-refractivity contribution in [2.24, 2.45) is 0 Å². The first kappa shape index (κ1) is 21.2. The van der Waals surface area contributed by atoms with Gasteiger partial charge >= 0.3 is 6.03 Å². The van der Waals surface area contributed by atoms with Crippen LogP contribution >= 0.6 is 22.9 Å². The summed E-state index contributed by atoms with van der Waals surface area (Å²) in [6.07, 6.45) is 0.638. The Labute approximate surface area is 177 Å². The molecule has 0 aliphatic heterocycles. The minimum Gasteiger partial charge on any atom is -0.394 e. The molecule has 3 rings (SSSR count). The van der Waals surface area contributed by atoms with Gasteiger partial charge in [-0.2, -0.15) is 0 Å². The number of hydrogen-bond donors (Lipinski definition) is 3. The molecule has 2 aromatic carbocycles. The number of amides is 2. The smallest absolute Gasteiger partial charge is 0.315 e. The molecule has 0 aliphatic carbocycles. The van der Waals surface area contributed by atoms with Crippen LogP contribution in [0.3, 0.4) is 0 Å². The van der Waals surface area contributed by atoms with Gasteiger partial charge in [-0.1, -0.05) is 48.0 Å². The predicted octanol–water partition coefficient (Wildman–Crippen LogP) is 4.49. The van der Waals surface area contributed by atoms with Gasteiger partial charge in [-0.25, -0.2) is 14.2 Å². The quantitative estimate of drug-likeness (QED) is 0.514. The van der Waals surface area contributed by atoms with Crippen molar-refractivity contribution in [2.45, 2.75) is 19.4 Å². The van der Waals surface area contributed by atoms with E-state index in [1.165, 1.54) is 12.1 Å². The first-order chi connectivity index (χ1) is 14.0. The number of carbonyl (C=O) groups is 1. The monoisotopic (exact) mass is 433 g/mol. The van der Waals surface area contributed by atoms with E-state index in [2.05, 4.69) is 15.6 Å². The molecular weight excluding hydrogens is 413 g/mol. The summed E-state index contributed by atoms with van der Waals surface area (Å²) in [6, 6.07) is 11.1. The second kappa shape index (κ2) is 9.82. The Balaban J connectivity index is 1.51. The van der Waals surface area contributed by atoms with Gasteiger partial charge in [0.2, 0.25) is 0 Å². The largest absolute Gasteiger partial charge is 0.394 e. The number of urea groups is 1. The summed E-state index contributed by atoms with van der Waals surface area (Å²) in [4.78, 5) is 16.6. The normalized spacial score (nSPS) is 11.9. The number of nitrogens with zero attached hydrogens (tertiary/aromatic N) is 1. The van der Waals surface area contributed by atoms with Crippen LogP contribution in [0.25, 0.3) is 11.3 Å². The van der Waals surface area contributed by atoms with Gasteiger partial charge < -0.3 is 15.7 Å². The summed E-state index contributed by atoms with van der Waals surface area (Å²) in [6.45, 7) is 1.93. The molecule has 29 heavy (non-hydrogen) atoms. The van der Waals surface area contributed by atoms with E-state index in [0.717, 1.165) is 21.8 Å². The minimum absolute atomic E-state index is 0.0561. The van der Waals surface area contributed by atoms with Crippen molar-refractivity contribution in [1.29, 1.82) is 0 Å². The van der Waals surface area contributed by atoms with Gasteiger partial charge in [0, 0.05) is 23.1 Å². The van der Waals surface area contributed by atoms with Gasteiger partial charge in [0.15, 0.2) is 0 Å². The van der Waals surface area contributed by atoms with Gasteiger partial charge in [-0.3, -0.25) is 0 Å². The molecule has 0 bridgehead atoms. The van der Waals surface area contributed by atoms with E-state index in [1.54, 1.807) is 17.4 Å². The number of carbonyl (C=O) groups excluding carboxylic acids is 1. The van der Waals surface area contributed by atoms with E-state index in [1.807, 2.05) is 36.6 Å². The van der Waals surface area contributed by atoms with Crippen LogP contribution in [0.4, 0.5) is 9.18 Å². The molecule has 5 nitrogen and oxygen atoms in total. The lowest BCUT2D eigenvalue weighted by Gasteiger charge is -2.18. The lowest BCUT2D eigenvalue weighted by molar-refractivity contribution is 0.216. The molecular formula is C21H21ClFN3O2S. The molecule has 3 N–H and O–H groups in total. The molecule has 8 heteroatoms. The zero-order valence-electron chi connectivity index (χ0n) is 15.8. The fourth-order valence-electron chi connectivity index (χ4n) is 2.88. The molecule has 0 saturated heterocycles. The average molecular weight is 434 g/mol. The molecule has 1 atom stereocenters. The van der Waals surface area contributed by atoms with E-state index in [0.29, 0.717) is 13.0 Å². The summed E-state index contributed by atoms with van der Waals surface area (Å²) in [5, 5.41) is 17.8. The van der Waals surface area contributed by atoms with Crippen molar-refractivity contribution in [3.8, 4) is 11.3 Å². The second-order valence-corrected chi connectivity index (χ2v) is 7.95. The van der Waals surface area contributed by atoms with Gasteiger partial charge in [0.25, 0.3) is 0 Å². The van der Waals surface area contributed by atoms with Crippen molar-refractivity contribution in [3.63, 3.8) is 0 Å². The van der Waals surface area contributed by atoms with Gasteiger partial charge in [-0.05, 0) is 25.0 Å². The Morgan fingerprint density at radius 3 is 2.69 bits per heavy atom. The van der Waals surface area contributed by atoms with E-state index >= 15 is 0 Å². The van der Waals surface area contributed by atoms with E-state index in [-0.39, 0.29) is 10.6 Å². The number of aliphatic hydroxyl groups excluding tert-OH is 1. The number of aromatic nitrogens is 1. The van der Waals surface area contributed by atoms with E-state index in [4.69, 9.17) is 11.6 Å². The standard InChI is InChI=1S/C21H21ClFN3O2S/c1-13-25-19(12-29-13)15-7-5-14(6-8-15)9-10-24-21(28)26-18(11-27)16-3-2-4-17(22)20(16)23/h2-8,12,18,27H,9-11H2,1H3,(H2,24,26,28). The fraction of sp³-hybridized carbons (Fsp3) is 0.238. The van der Waals surface area contributed by atoms with Crippen molar-refractivity contribution in [3.05, 3.63) is 74.8 Å². The summed E-state index contributed by atoms with van der Waals surface area (Å²) in [5.74, 6) is -0.649. The summed E-state index contributed by atoms with van der Waals surface area (Å²) < 4.78 is 14.1. The number of benzene rings is 2. The number of halogens is 2. The third-order valence-corrected chi connectivity index (χ3v) is 5.48. The molecule has 2 amide bonds. The molecule has 0 radical (unpaired) electrons. The van der Waals surface area contributed by atoms with Crippen molar-refractivity contribution >= 4 is 29.0 Å². The Morgan fingerprint density at radius 1 is 1.28 bits per heavy atom. The number of aryl methyl sites for hydroxylation is 1. The fourth-order valence-corrected chi connectivity index (χ4v) is 3.68. The van der Waals surface area contributed by atoms with Crippen molar-refractivity contribution in [1.82, 2.24) is 15.6 Å². The highest BCUT2D eigenvalue weighted by Gasteiger charge is 2.18. The second-order valence-electron chi connectivity index (χ2n) is 6.48. The molecule has 1 heterocycles.